The second-order valence-electron chi connectivity index (χ2n) is 6.55. The maximum Gasteiger partial charge on any atom is 0.181 e. The first kappa shape index (κ1) is 12.6. The van der Waals surface area contributed by atoms with Gasteiger partial charge in [0.2, 0.25) is 0 Å². The highest BCUT2D eigenvalue weighted by molar-refractivity contribution is 6.06. The predicted octanol–water partition coefficient (Wildman–Crippen LogP) is 3.02. The number of hydrogen-bond acceptors (Lipinski definition) is 2. The van der Waals surface area contributed by atoms with E-state index in [-0.39, 0.29) is 16.6 Å². The molecule has 94 valence electrons. The molecule has 0 heterocycles. The molecule has 0 amide bonds. The van der Waals surface area contributed by atoms with Crippen LogP contribution in [0.5, 0.6) is 0 Å². The number of allylic oxidation sites excluding steroid dienone is 2. The minimum atomic E-state index is -0.981. The van der Waals surface area contributed by atoms with Crippen LogP contribution >= 0.6 is 0 Å². The summed E-state index contributed by atoms with van der Waals surface area (Å²) in [5.41, 5.74) is -0.174. The maximum atomic E-state index is 12.1. The summed E-state index contributed by atoms with van der Waals surface area (Å²) in [5.74, 6) is 0.0639. The Bertz CT molecular complexity index is 413. The molecule has 0 radical (unpaired) electrons. The standard InChI is InChI=1S/C15H22O2/c1-13(2)7-5-8-15(13,4)11-10-14(3,17)9-6-12(11)16/h6,9-10,17H,5,7-8H2,1-4H3/t14-,15+/m1/s1. The van der Waals surface area contributed by atoms with Gasteiger partial charge in [0.25, 0.3) is 0 Å². The lowest BCUT2D eigenvalue weighted by Gasteiger charge is -2.41. The Morgan fingerprint density at radius 2 is 1.82 bits per heavy atom. The highest BCUT2D eigenvalue weighted by Crippen LogP contribution is 2.57. The van der Waals surface area contributed by atoms with E-state index in [0.717, 1.165) is 24.8 Å². The van der Waals surface area contributed by atoms with Gasteiger partial charge in [-0.2, -0.15) is 0 Å². The predicted molar refractivity (Wildman–Crippen MR) is 68.6 cm³/mol. The van der Waals surface area contributed by atoms with Gasteiger partial charge in [0.1, 0.15) is 0 Å². The second-order valence-corrected chi connectivity index (χ2v) is 6.55. The fourth-order valence-corrected chi connectivity index (χ4v) is 3.17. The lowest BCUT2D eigenvalue weighted by Crippen LogP contribution is -2.37. The largest absolute Gasteiger partial charge is 0.382 e. The van der Waals surface area contributed by atoms with Gasteiger partial charge < -0.3 is 5.11 Å². The molecule has 0 aromatic carbocycles. The molecule has 0 aromatic heterocycles. The zero-order valence-electron chi connectivity index (χ0n) is 11.2. The molecule has 0 saturated heterocycles. The van der Waals surface area contributed by atoms with Gasteiger partial charge in [-0.25, -0.2) is 0 Å². The lowest BCUT2D eigenvalue weighted by molar-refractivity contribution is -0.113. The summed E-state index contributed by atoms with van der Waals surface area (Å²) in [4.78, 5) is 12.1. The average molecular weight is 234 g/mol. The van der Waals surface area contributed by atoms with E-state index in [1.807, 2.05) is 0 Å². The molecular weight excluding hydrogens is 212 g/mol. The van der Waals surface area contributed by atoms with E-state index >= 15 is 0 Å². The van der Waals surface area contributed by atoms with Crippen LogP contribution in [-0.2, 0) is 4.79 Å². The number of ketones is 1. The molecule has 1 N–H and O–H groups in total. The van der Waals surface area contributed by atoms with Crippen molar-refractivity contribution in [2.45, 2.75) is 52.6 Å². The topological polar surface area (TPSA) is 37.3 Å². The smallest absolute Gasteiger partial charge is 0.181 e. The van der Waals surface area contributed by atoms with Crippen LogP contribution in [0.4, 0.5) is 0 Å². The van der Waals surface area contributed by atoms with Crippen LogP contribution in [0.2, 0.25) is 0 Å². The quantitative estimate of drug-likeness (QED) is 0.757. The van der Waals surface area contributed by atoms with Crippen molar-refractivity contribution in [1.29, 1.82) is 0 Å². The normalized spacial score (nSPS) is 40.5. The summed E-state index contributed by atoms with van der Waals surface area (Å²) in [6.07, 6.45) is 8.17. The molecule has 2 aliphatic rings. The fourth-order valence-electron chi connectivity index (χ4n) is 3.17. The van der Waals surface area contributed by atoms with Crippen LogP contribution < -0.4 is 0 Å². The molecule has 2 atom stereocenters. The third-order valence-corrected chi connectivity index (χ3v) is 4.84. The van der Waals surface area contributed by atoms with Crippen molar-refractivity contribution in [3.63, 3.8) is 0 Å². The van der Waals surface area contributed by atoms with Crippen molar-refractivity contribution in [2.75, 3.05) is 0 Å². The van der Waals surface area contributed by atoms with E-state index in [2.05, 4.69) is 20.8 Å². The van der Waals surface area contributed by atoms with Crippen LogP contribution in [0, 0.1) is 10.8 Å². The highest BCUT2D eigenvalue weighted by atomic mass is 16.3. The summed E-state index contributed by atoms with van der Waals surface area (Å²) in [6.45, 7) is 8.34. The first-order valence-electron chi connectivity index (χ1n) is 6.37. The summed E-state index contributed by atoms with van der Waals surface area (Å²) in [6, 6.07) is 0. The van der Waals surface area contributed by atoms with Crippen LogP contribution in [0.25, 0.3) is 0 Å². The molecule has 2 aliphatic carbocycles. The minimum Gasteiger partial charge on any atom is -0.382 e. The third kappa shape index (κ3) is 1.89. The van der Waals surface area contributed by atoms with Crippen molar-refractivity contribution >= 4 is 5.78 Å². The van der Waals surface area contributed by atoms with Crippen molar-refractivity contribution in [1.82, 2.24) is 0 Å². The Kier molecular flexibility index (Phi) is 2.62. The summed E-state index contributed by atoms with van der Waals surface area (Å²) in [7, 11) is 0. The first-order chi connectivity index (χ1) is 7.68. The minimum absolute atomic E-state index is 0.0639. The molecule has 0 spiro atoms. The van der Waals surface area contributed by atoms with Gasteiger partial charge in [0, 0.05) is 11.0 Å². The molecule has 0 aliphatic heterocycles. The number of aliphatic hydroxyl groups is 1. The molecule has 2 nitrogen and oxygen atoms in total. The van der Waals surface area contributed by atoms with Gasteiger partial charge in [0.15, 0.2) is 5.78 Å². The summed E-state index contributed by atoms with van der Waals surface area (Å²) >= 11 is 0. The van der Waals surface area contributed by atoms with Crippen LogP contribution in [0.3, 0.4) is 0 Å². The lowest BCUT2D eigenvalue weighted by atomic mass is 9.62. The molecule has 1 fully saturated rings. The van der Waals surface area contributed by atoms with Gasteiger partial charge in [-0.1, -0.05) is 27.2 Å². The van der Waals surface area contributed by atoms with Crippen LogP contribution in [0.1, 0.15) is 47.0 Å². The molecule has 0 aromatic rings. The SMILES string of the molecule is CC1(C)CCC[C@@]1(C)C1=C[C@](C)(O)C=CC1=O. The Hall–Kier alpha value is -0.890. The zero-order valence-corrected chi connectivity index (χ0v) is 11.2. The third-order valence-electron chi connectivity index (χ3n) is 4.84. The Morgan fingerprint density at radius 1 is 1.18 bits per heavy atom. The van der Waals surface area contributed by atoms with Gasteiger partial charge in [-0.3, -0.25) is 4.79 Å². The van der Waals surface area contributed by atoms with E-state index in [1.54, 1.807) is 19.1 Å². The molecule has 0 unspecified atom stereocenters. The van der Waals surface area contributed by atoms with Gasteiger partial charge in [0.05, 0.1) is 5.60 Å². The van der Waals surface area contributed by atoms with E-state index in [1.165, 1.54) is 6.08 Å². The zero-order chi connectivity index (χ0) is 12.9. The van der Waals surface area contributed by atoms with Gasteiger partial charge >= 0.3 is 0 Å². The highest BCUT2D eigenvalue weighted by Gasteiger charge is 2.49. The molecule has 2 rings (SSSR count). The number of carbonyl (C=O) groups excluding carboxylic acids is 1. The molecule has 1 saturated carbocycles. The molecule has 2 heteroatoms. The van der Waals surface area contributed by atoms with Crippen LogP contribution in [-0.4, -0.2) is 16.5 Å². The van der Waals surface area contributed by atoms with Gasteiger partial charge in [-0.05, 0) is 43.4 Å². The van der Waals surface area contributed by atoms with Crippen molar-refractivity contribution in [3.8, 4) is 0 Å². The van der Waals surface area contributed by atoms with E-state index in [9.17, 15) is 9.90 Å². The molecule has 17 heavy (non-hydrogen) atoms. The van der Waals surface area contributed by atoms with E-state index in [0.29, 0.717) is 0 Å². The monoisotopic (exact) mass is 234 g/mol. The average Bonchev–Trinajstić information content (AvgIpc) is 2.47. The first-order valence-corrected chi connectivity index (χ1v) is 6.37. The van der Waals surface area contributed by atoms with Crippen molar-refractivity contribution < 1.29 is 9.90 Å². The van der Waals surface area contributed by atoms with Gasteiger partial charge in [-0.15, -0.1) is 0 Å². The number of hydrogen-bond donors (Lipinski definition) is 1. The van der Waals surface area contributed by atoms with Crippen LogP contribution in [0.15, 0.2) is 23.8 Å². The maximum absolute atomic E-state index is 12.1. The summed E-state index contributed by atoms with van der Waals surface area (Å²) < 4.78 is 0. The Morgan fingerprint density at radius 3 is 2.35 bits per heavy atom. The Labute approximate surface area is 103 Å². The molecular formula is C15H22O2. The van der Waals surface area contributed by atoms with E-state index < -0.39 is 5.60 Å². The van der Waals surface area contributed by atoms with E-state index in [4.69, 9.17) is 0 Å². The summed E-state index contributed by atoms with van der Waals surface area (Å²) in [5, 5.41) is 10.1. The van der Waals surface area contributed by atoms with Crippen molar-refractivity contribution in [2.24, 2.45) is 10.8 Å². The molecule has 0 bridgehead atoms. The van der Waals surface area contributed by atoms with Crippen molar-refractivity contribution in [3.05, 3.63) is 23.8 Å². The number of rotatable bonds is 1. The second kappa shape index (κ2) is 3.55. The fraction of sp³-hybridized carbons (Fsp3) is 0.667. The number of carbonyl (C=O) groups is 1. The Balaban J connectivity index is 2.47.